The Hall–Kier alpha value is -5.09. The average molecular weight is 836 g/mol. The summed E-state index contributed by atoms with van der Waals surface area (Å²) in [5, 5.41) is 16.6. The third kappa shape index (κ3) is 9.75. The summed E-state index contributed by atoms with van der Waals surface area (Å²) >= 11 is 6.36. The Morgan fingerprint density at radius 3 is 2.53 bits per heavy atom. The van der Waals surface area contributed by atoms with E-state index in [-0.39, 0.29) is 36.1 Å². The number of amides is 1. The van der Waals surface area contributed by atoms with E-state index in [9.17, 15) is 19.5 Å². The number of nitrogens with one attached hydrogen (secondary N) is 2. The van der Waals surface area contributed by atoms with Crippen LogP contribution in [0.5, 0.6) is 11.5 Å². The van der Waals surface area contributed by atoms with Gasteiger partial charge in [-0.3, -0.25) is 9.78 Å². The number of benzene rings is 3. The number of anilines is 1. The van der Waals surface area contributed by atoms with Crippen molar-refractivity contribution >= 4 is 35.1 Å². The number of halogens is 1. The van der Waals surface area contributed by atoms with Gasteiger partial charge in [0.15, 0.2) is 0 Å². The van der Waals surface area contributed by atoms with Gasteiger partial charge in [0.05, 0.1) is 20.3 Å². The van der Waals surface area contributed by atoms with Crippen LogP contribution >= 0.6 is 11.6 Å². The van der Waals surface area contributed by atoms with Gasteiger partial charge in [-0.25, -0.2) is 9.59 Å². The first-order valence-corrected chi connectivity index (χ1v) is 21.9. The van der Waals surface area contributed by atoms with Crippen molar-refractivity contribution in [2.45, 2.75) is 114 Å². The summed E-state index contributed by atoms with van der Waals surface area (Å²) in [7, 11) is 1.45. The number of aromatic nitrogens is 1. The summed E-state index contributed by atoms with van der Waals surface area (Å²) in [5.41, 5.74) is 5.51. The number of esters is 1. The number of ether oxygens (including phenoxy) is 3. The molecule has 0 radical (unpaired) electrons. The minimum absolute atomic E-state index is 0.145. The molecule has 0 aliphatic heterocycles. The molecule has 0 saturated heterocycles. The van der Waals surface area contributed by atoms with Crippen molar-refractivity contribution in [1.82, 2.24) is 10.3 Å². The average Bonchev–Trinajstić information content (AvgIpc) is 3.53. The largest absolute Gasteiger partial charge is 0.494 e. The monoisotopic (exact) mass is 835 g/mol. The lowest BCUT2D eigenvalue weighted by atomic mass is 9.59. The van der Waals surface area contributed by atoms with Gasteiger partial charge in [0.2, 0.25) is 5.91 Å². The predicted molar refractivity (Wildman–Crippen MR) is 233 cm³/mol. The van der Waals surface area contributed by atoms with Crippen LogP contribution in [0.4, 0.5) is 5.69 Å². The topological polar surface area (TPSA) is 136 Å². The number of aryl methyl sites for hydroxylation is 1. The van der Waals surface area contributed by atoms with Crippen LogP contribution in [0, 0.1) is 11.8 Å². The van der Waals surface area contributed by atoms with Crippen LogP contribution in [0.15, 0.2) is 85.1 Å². The zero-order valence-electron chi connectivity index (χ0n) is 35.0. The Balaban J connectivity index is 1.05. The number of fused-ring (bicyclic) bond motifs is 3. The molecule has 7 rings (SSSR count). The van der Waals surface area contributed by atoms with Gasteiger partial charge in [0, 0.05) is 41.0 Å². The molecule has 0 unspecified atom stereocenters. The van der Waals surface area contributed by atoms with E-state index in [0.29, 0.717) is 49.3 Å². The van der Waals surface area contributed by atoms with Crippen LogP contribution in [-0.4, -0.2) is 59.8 Å². The quantitative estimate of drug-likeness (QED) is 0.0703. The van der Waals surface area contributed by atoms with E-state index in [0.717, 1.165) is 67.7 Å². The minimum atomic E-state index is -1.07. The summed E-state index contributed by atoms with van der Waals surface area (Å²) in [6.45, 7) is 5.46. The maximum atomic E-state index is 13.6. The van der Waals surface area contributed by atoms with Crippen molar-refractivity contribution in [3.05, 3.63) is 118 Å². The summed E-state index contributed by atoms with van der Waals surface area (Å²) in [6.07, 6.45) is 10.6. The van der Waals surface area contributed by atoms with E-state index in [4.69, 9.17) is 25.8 Å². The Kier molecular flexibility index (Phi) is 13.7. The number of nitrogens with zero attached hydrogens (tertiary/aromatic N) is 1. The van der Waals surface area contributed by atoms with Crippen LogP contribution < -0.4 is 20.1 Å². The number of methoxy groups -OCH3 is 1. The number of carbonyl (C=O) groups is 3. The van der Waals surface area contributed by atoms with Crippen molar-refractivity contribution in [2.75, 3.05) is 25.6 Å². The van der Waals surface area contributed by atoms with Gasteiger partial charge in [-0.15, -0.1) is 0 Å². The molecule has 1 amide bonds. The van der Waals surface area contributed by atoms with Crippen molar-refractivity contribution in [3.8, 4) is 11.5 Å². The molecular weight excluding hydrogens is 778 g/mol. The molecule has 1 fully saturated rings. The molecule has 11 heteroatoms. The van der Waals surface area contributed by atoms with Gasteiger partial charge in [0.25, 0.3) is 0 Å². The fourth-order valence-electron chi connectivity index (χ4n) is 10.1. The molecule has 318 valence electrons. The van der Waals surface area contributed by atoms with E-state index >= 15 is 0 Å². The van der Waals surface area contributed by atoms with E-state index in [1.807, 2.05) is 72.9 Å². The Morgan fingerprint density at radius 1 is 0.983 bits per heavy atom. The molecule has 3 aliphatic rings. The molecule has 3 N–H and O–H groups in total. The minimum Gasteiger partial charge on any atom is -0.494 e. The van der Waals surface area contributed by atoms with Crippen LogP contribution in [0.2, 0.25) is 5.02 Å². The highest BCUT2D eigenvalue weighted by molar-refractivity contribution is 6.30. The molecule has 60 heavy (non-hydrogen) atoms. The highest BCUT2D eigenvalue weighted by Crippen LogP contribution is 2.57. The molecular formula is C49H58ClN3O7. The summed E-state index contributed by atoms with van der Waals surface area (Å²) in [5.74, 6) is 1.05. The SMILES string of the molecule is COC(=O)C1(Nc2cccc(Cl)c2)CCC2(CC1)c1cc(OCCCC(=O)N[C@@H](Cc3ccccc3)C(=O)O)ccc1C[C@@H]2C[C@@H](C)COc1ccnc2c1[C@H](C)CCC2. The highest BCUT2D eigenvalue weighted by atomic mass is 35.5. The molecule has 4 atom stereocenters. The summed E-state index contributed by atoms with van der Waals surface area (Å²) < 4.78 is 18.3. The van der Waals surface area contributed by atoms with Crippen LogP contribution in [-0.2, 0) is 43.8 Å². The second kappa shape index (κ2) is 19.1. The van der Waals surface area contributed by atoms with Crippen molar-refractivity contribution in [2.24, 2.45) is 11.8 Å². The first-order chi connectivity index (χ1) is 29.0. The van der Waals surface area contributed by atoms with Gasteiger partial charge >= 0.3 is 11.9 Å². The molecule has 3 aliphatic carbocycles. The lowest BCUT2D eigenvalue weighted by molar-refractivity contribution is -0.148. The van der Waals surface area contributed by atoms with Crippen molar-refractivity contribution < 1.29 is 33.7 Å². The van der Waals surface area contributed by atoms with Gasteiger partial charge in [-0.1, -0.05) is 67.9 Å². The standard InChI is InChI=1S/C49H58ClN3O7/c1-32(31-60-43-19-24-51-41-15-7-10-33(2)45(41)43)26-36-28-35-17-18-39(59-25-9-16-44(54)52-42(46(55)56)27-34-11-5-4-6-12-34)30-40(35)48(36)20-22-49(23-21-48,47(57)58-3)53-38-14-8-13-37(50)29-38/h4-6,8,11-14,17-19,24,29-30,32-33,36,42,53H,7,9-10,15-16,20-23,25-28,31H2,1-3H3,(H,52,54)(H,55,56)/t32-,33-,36+,42+,48?,49?/m1/s1. The fraction of sp³-hybridized carbons (Fsp3) is 0.469. The number of hydrogen-bond donors (Lipinski definition) is 3. The van der Waals surface area contributed by atoms with E-state index in [1.165, 1.54) is 29.5 Å². The molecule has 1 aromatic heterocycles. The van der Waals surface area contributed by atoms with Gasteiger partial charge < -0.3 is 30.0 Å². The zero-order chi connectivity index (χ0) is 42.3. The van der Waals surface area contributed by atoms with Crippen molar-refractivity contribution in [3.63, 3.8) is 0 Å². The Labute approximate surface area is 358 Å². The first-order valence-electron chi connectivity index (χ1n) is 21.5. The van der Waals surface area contributed by atoms with E-state index in [1.54, 1.807) is 0 Å². The normalized spacial score (nSPS) is 22.8. The lowest BCUT2D eigenvalue weighted by Gasteiger charge is -2.47. The van der Waals surface area contributed by atoms with E-state index in [2.05, 4.69) is 41.6 Å². The van der Waals surface area contributed by atoms with Gasteiger partial charge in [0.1, 0.15) is 23.1 Å². The van der Waals surface area contributed by atoms with Crippen LogP contribution in [0.1, 0.15) is 106 Å². The number of pyridine rings is 1. The Morgan fingerprint density at radius 2 is 1.78 bits per heavy atom. The van der Waals surface area contributed by atoms with Gasteiger partial charge in [-0.05, 0) is 140 Å². The zero-order valence-corrected chi connectivity index (χ0v) is 35.8. The molecule has 1 saturated carbocycles. The number of carboxylic acid groups (broad SMARTS) is 1. The second-order valence-electron chi connectivity index (χ2n) is 17.3. The maximum Gasteiger partial charge on any atom is 0.331 e. The molecule has 4 aromatic rings. The predicted octanol–water partition coefficient (Wildman–Crippen LogP) is 9.26. The number of carboxylic acids is 1. The third-order valence-corrected chi connectivity index (χ3v) is 13.4. The maximum absolute atomic E-state index is 13.6. The van der Waals surface area contributed by atoms with Crippen molar-refractivity contribution in [1.29, 1.82) is 0 Å². The summed E-state index contributed by atoms with van der Waals surface area (Å²) in [4.78, 5) is 43.0. The number of aliphatic carboxylic acids is 1. The number of rotatable bonds is 17. The Bertz CT molecular complexity index is 2140. The highest BCUT2D eigenvalue weighted by Gasteiger charge is 2.54. The number of hydrogen-bond acceptors (Lipinski definition) is 8. The third-order valence-electron chi connectivity index (χ3n) is 13.2. The molecule has 1 spiro atoms. The van der Waals surface area contributed by atoms with Crippen LogP contribution in [0.3, 0.4) is 0 Å². The second-order valence-corrected chi connectivity index (χ2v) is 17.7. The molecule has 3 aromatic carbocycles. The smallest absolute Gasteiger partial charge is 0.331 e. The molecule has 0 bridgehead atoms. The summed E-state index contributed by atoms with van der Waals surface area (Å²) in [6, 6.07) is 24.1. The number of carbonyl (C=O) groups excluding carboxylic acids is 2. The molecule has 1 heterocycles. The molecule has 10 nitrogen and oxygen atoms in total. The van der Waals surface area contributed by atoms with Gasteiger partial charge in [-0.2, -0.15) is 0 Å². The first kappa shape index (κ1) is 43.0. The van der Waals surface area contributed by atoms with E-state index < -0.39 is 17.6 Å². The fourth-order valence-corrected chi connectivity index (χ4v) is 10.3. The van der Waals surface area contributed by atoms with Crippen LogP contribution in [0.25, 0.3) is 0 Å². The lowest BCUT2D eigenvalue weighted by Crippen LogP contribution is -2.53.